The largest absolute Gasteiger partial charge is 0.495 e. The Labute approximate surface area is 171 Å². The van der Waals surface area contributed by atoms with Gasteiger partial charge in [0.15, 0.2) is 0 Å². The monoisotopic (exact) mass is 433 g/mol. The Morgan fingerprint density at radius 3 is 2.43 bits per heavy atom. The zero-order valence-electron chi connectivity index (χ0n) is 15.7. The number of nitrogens with zero attached hydrogens (tertiary/aromatic N) is 1. The molecule has 0 atom stereocenters. The second kappa shape index (κ2) is 8.87. The number of benzene rings is 2. The van der Waals surface area contributed by atoms with Crippen LogP contribution < -0.4 is 14.8 Å². The number of anilines is 1. The van der Waals surface area contributed by atoms with Gasteiger partial charge in [-0.1, -0.05) is 12.1 Å². The van der Waals surface area contributed by atoms with Crippen molar-refractivity contribution in [3.8, 4) is 5.75 Å². The summed E-state index contributed by atoms with van der Waals surface area (Å²) < 4.78 is 59.7. The molecule has 156 valence electrons. The first-order valence-corrected chi connectivity index (χ1v) is 10.1. The van der Waals surface area contributed by atoms with E-state index in [1.165, 1.54) is 49.8 Å². The van der Waals surface area contributed by atoms with Crippen LogP contribution in [-0.4, -0.2) is 26.4 Å². The van der Waals surface area contributed by atoms with Crippen molar-refractivity contribution in [2.75, 3.05) is 11.8 Å². The van der Waals surface area contributed by atoms with Gasteiger partial charge in [-0.05, 0) is 35.9 Å². The zero-order valence-corrected chi connectivity index (χ0v) is 16.5. The normalized spacial score (nSPS) is 11.0. The minimum atomic E-state index is -4.24. The number of amides is 1. The van der Waals surface area contributed by atoms with Gasteiger partial charge in [0.2, 0.25) is 0 Å². The maximum absolute atomic E-state index is 13.8. The SMILES string of the molecule is COc1cncc(NS(=O)(=O)c2ccc(F)cc2C(=O)NCc2ccc(F)cc2)c1. The van der Waals surface area contributed by atoms with Gasteiger partial charge in [0.1, 0.15) is 22.3 Å². The molecule has 0 bridgehead atoms. The number of aromatic nitrogens is 1. The van der Waals surface area contributed by atoms with Crippen molar-refractivity contribution < 1.29 is 26.7 Å². The lowest BCUT2D eigenvalue weighted by Crippen LogP contribution is -2.26. The first-order chi connectivity index (χ1) is 14.3. The number of pyridine rings is 1. The number of methoxy groups -OCH3 is 1. The summed E-state index contributed by atoms with van der Waals surface area (Å²) in [5.41, 5.74) is 0.322. The Hall–Kier alpha value is -3.53. The Morgan fingerprint density at radius 1 is 1.03 bits per heavy atom. The molecule has 30 heavy (non-hydrogen) atoms. The summed E-state index contributed by atoms with van der Waals surface area (Å²) in [6.07, 6.45) is 2.65. The first kappa shape index (κ1) is 21.2. The predicted molar refractivity (Wildman–Crippen MR) is 106 cm³/mol. The number of hydrogen-bond acceptors (Lipinski definition) is 5. The summed E-state index contributed by atoms with van der Waals surface area (Å²) in [7, 11) is -2.84. The van der Waals surface area contributed by atoms with Crippen LogP contribution in [0.5, 0.6) is 5.75 Å². The van der Waals surface area contributed by atoms with Gasteiger partial charge in [-0.15, -0.1) is 0 Å². The van der Waals surface area contributed by atoms with Crippen molar-refractivity contribution in [2.45, 2.75) is 11.4 Å². The smallest absolute Gasteiger partial charge is 0.262 e. The van der Waals surface area contributed by atoms with Crippen LogP contribution in [0.15, 0.2) is 65.8 Å². The second-order valence-electron chi connectivity index (χ2n) is 6.17. The fourth-order valence-corrected chi connectivity index (χ4v) is 3.81. The standard InChI is InChI=1S/C20H17F2N3O4S/c1-29-17-9-16(11-23-12-17)25-30(27,28)19-7-6-15(22)8-18(19)20(26)24-10-13-2-4-14(21)5-3-13/h2-9,11-12,25H,10H2,1H3,(H,24,26). The number of hydrogen-bond donors (Lipinski definition) is 2. The molecule has 0 fully saturated rings. The molecule has 2 aromatic carbocycles. The van der Waals surface area contributed by atoms with Crippen molar-refractivity contribution in [1.29, 1.82) is 0 Å². The lowest BCUT2D eigenvalue weighted by molar-refractivity contribution is 0.0947. The van der Waals surface area contributed by atoms with E-state index in [-0.39, 0.29) is 17.8 Å². The van der Waals surface area contributed by atoms with Gasteiger partial charge in [0.25, 0.3) is 15.9 Å². The molecule has 0 aliphatic heterocycles. The van der Waals surface area contributed by atoms with Crippen molar-refractivity contribution >= 4 is 21.6 Å². The average molecular weight is 433 g/mol. The van der Waals surface area contributed by atoms with Crippen LogP contribution in [0.2, 0.25) is 0 Å². The summed E-state index contributed by atoms with van der Waals surface area (Å²) in [6.45, 7) is 0.00233. The number of halogens is 2. The van der Waals surface area contributed by atoms with Crippen LogP contribution in [0.1, 0.15) is 15.9 Å². The Balaban J connectivity index is 1.86. The van der Waals surface area contributed by atoms with E-state index in [1.54, 1.807) is 0 Å². The van der Waals surface area contributed by atoms with Gasteiger partial charge in [-0.2, -0.15) is 0 Å². The molecule has 0 unspecified atom stereocenters. The minimum Gasteiger partial charge on any atom is -0.495 e. The number of nitrogens with one attached hydrogen (secondary N) is 2. The molecule has 3 rings (SSSR count). The van der Waals surface area contributed by atoms with Gasteiger partial charge in [0.05, 0.1) is 30.8 Å². The summed E-state index contributed by atoms with van der Waals surface area (Å²) in [5.74, 6) is -1.68. The summed E-state index contributed by atoms with van der Waals surface area (Å²) in [4.78, 5) is 16.0. The number of rotatable bonds is 7. The van der Waals surface area contributed by atoms with E-state index in [1.807, 2.05) is 0 Å². The first-order valence-electron chi connectivity index (χ1n) is 8.62. The van der Waals surface area contributed by atoms with Gasteiger partial charge in [-0.25, -0.2) is 17.2 Å². The van der Waals surface area contributed by atoms with Crippen molar-refractivity contribution in [3.05, 3.63) is 83.7 Å². The summed E-state index contributed by atoms with van der Waals surface area (Å²) >= 11 is 0. The third kappa shape index (κ3) is 5.09. The molecule has 0 saturated heterocycles. The highest BCUT2D eigenvalue weighted by molar-refractivity contribution is 7.92. The van der Waals surface area contributed by atoms with Gasteiger partial charge in [0, 0.05) is 12.6 Å². The van der Waals surface area contributed by atoms with Crippen LogP contribution in [0.3, 0.4) is 0 Å². The maximum Gasteiger partial charge on any atom is 0.262 e. The molecule has 10 heteroatoms. The highest BCUT2D eigenvalue weighted by Crippen LogP contribution is 2.22. The molecule has 7 nitrogen and oxygen atoms in total. The Kier molecular flexibility index (Phi) is 6.26. The Morgan fingerprint density at radius 2 is 1.73 bits per heavy atom. The van der Waals surface area contributed by atoms with E-state index < -0.39 is 32.5 Å². The van der Waals surface area contributed by atoms with E-state index in [2.05, 4.69) is 15.0 Å². The van der Waals surface area contributed by atoms with Crippen LogP contribution in [0.4, 0.5) is 14.5 Å². The molecule has 1 heterocycles. The number of sulfonamides is 1. The molecule has 1 amide bonds. The van der Waals surface area contributed by atoms with E-state index in [4.69, 9.17) is 4.74 Å². The molecule has 0 aliphatic rings. The fourth-order valence-electron chi connectivity index (χ4n) is 2.59. The van der Waals surface area contributed by atoms with Crippen molar-refractivity contribution in [3.63, 3.8) is 0 Å². The van der Waals surface area contributed by atoms with Crippen LogP contribution in [-0.2, 0) is 16.6 Å². The van der Waals surface area contributed by atoms with E-state index in [0.29, 0.717) is 11.3 Å². The minimum absolute atomic E-state index is 0.00233. The maximum atomic E-state index is 13.8. The summed E-state index contributed by atoms with van der Waals surface area (Å²) in [5, 5.41) is 2.50. The average Bonchev–Trinajstić information content (AvgIpc) is 2.72. The lowest BCUT2D eigenvalue weighted by atomic mass is 10.2. The van der Waals surface area contributed by atoms with Gasteiger partial charge in [-0.3, -0.25) is 14.5 Å². The van der Waals surface area contributed by atoms with E-state index in [9.17, 15) is 22.0 Å². The molecule has 0 spiro atoms. The molecule has 0 radical (unpaired) electrons. The van der Waals surface area contributed by atoms with Gasteiger partial charge < -0.3 is 10.1 Å². The fraction of sp³-hybridized carbons (Fsp3) is 0.100. The highest BCUT2D eigenvalue weighted by Gasteiger charge is 2.23. The van der Waals surface area contributed by atoms with Crippen LogP contribution in [0.25, 0.3) is 0 Å². The number of carbonyl (C=O) groups is 1. The number of carbonyl (C=O) groups excluding carboxylic acids is 1. The zero-order chi connectivity index (χ0) is 21.7. The summed E-state index contributed by atoms with van der Waals surface area (Å²) in [6, 6.07) is 9.57. The van der Waals surface area contributed by atoms with E-state index >= 15 is 0 Å². The molecular weight excluding hydrogens is 416 g/mol. The highest BCUT2D eigenvalue weighted by atomic mass is 32.2. The lowest BCUT2D eigenvalue weighted by Gasteiger charge is -2.13. The topological polar surface area (TPSA) is 97.4 Å². The molecule has 0 aliphatic carbocycles. The van der Waals surface area contributed by atoms with Crippen molar-refractivity contribution in [2.24, 2.45) is 0 Å². The van der Waals surface area contributed by atoms with E-state index in [0.717, 1.165) is 18.2 Å². The van der Waals surface area contributed by atoms with Crippen LogP contribution >= 0.6 is 0 Å². The quantitative estimate of drug-likeness (QED) is 0.597. The molecular formula is C20H17F2N3O4S. The third-order valence-corrected chi connectivity index (χ3v) is 5.48. The molecule has 0 saturated carbocycles. The molecule has 2 N–H and O–H groups in total. The molecule has 1 aromatic heterocycles. The molecule has 3 aromatic rings. The Bertz CT molecular complexity index is 1170. The van der Waals surface area contributed by atoms with Gasteiger partial charge >= 0.3 is 0 Å². The predicted octanol–water partition coefficient (Wildman–Crippen LogP) is 3.10. The second-order valence-corrected chi connectivity index (χ2v) is 7.82. The van der Waals surface area contributed by atoms with Crippen molar-refractivity contribution in [1.82, 2.24) is 10.3 Å². The number of ether oxygens (including phenoxy) is 1. The third-order valence-electron chi connectivity index (χ3n) is 4.04. The van der Waals surface area contributed by atoms with Crippen LogP contribution in [0, 0.1) is 11.6 Å².